The maximum absolute atomic E-state index is 14.6. The minimum Gasteiger partial charge on any atom is -0.457 e. The summed E-state index contributed by atoms with van der Waals surface area (Å²) in [5, 5.41) is 0. The molecule has 0 heterocycles. The molecule has 0 N–H and O–H groups in total. The number of hydrogen-bond acceptors (Lipinski definition) is 3. The molecular weight excluding hydrogens is 1100 g/mol. The van der Waals surface area contributed by atoms with Gasteiger partial charge in [0.05, 0.1) is 0 Å². The standard InChI is InChI=1S/C58H38O3.C30H20/c59-57-53(41-23-11-3-12-24-41)49(39-19-7-1-8-20-39)51(55(57)43-27-15-5-16-28-43)45-31-35-47(36-32-45)61-48-37-33-46(34-38-48)52-50(40-21-9-2-10-22-40)54(42-25-13-4-14-26-42)58(60)56(52)44-29-17-6-18-30-44;1-4-10-25(11-5-1)16-19-28-22-29(20-17-26-12-6-2-7-13-26)24-30(23-28)21-18-27-14-8-3-9-15-27/h1-38H;1-16,19,22-24H. The Morgan fingerprint density at radius 1 is 0.209 bits per heavy atom. The van der Waals surface area contributed by atoms with Crippen molar-refractivity contribution in [1.82, 2.24) is 0 Å². The first-order valence-electron chi connectivity index (χ1n) is 30.3. The van der Waals surface area contributed by atoms with Gasteiger partial charge >= 0.3 is 0 Å². The van der Waals surface area contributed by atoms with E-state index < -0.39 is 0 Å². The number of Topliss-reactive ketones (excluding diaryl/α,β-unsaturated/α-hetero) is 2. The van der Waals surface area contributed by atoms with Crippen molar-refractivity contribution in [1.29, 1.82) is 0 Å². The molecule has 0 bridgehead atoms. The molecule has 0 atom stereocenters. The highest BCUT2D eigenvalue weighted by molar-refractivity contribution is 6.60. The van der Waals surface area contributed by atoms with Gasteiger partial charge in [-0.15, -0.1) is 0 Å². The van der Waals surface area contributed by atoms with Crippen molar-refractivity contribution < 1.29 is 14.3 Å². The van der Waals surface area contributed by atoms with Crippen LogP contribution in [0.3, 0.4) is 0 Å². The Morgan fingerprint density at radius 2 is 0.440 bits per heavy atom. The van der Waals surface area contributed by atoms with Gasteiger partial charge in [0.1, 0.15) is 11.5 Å². The lowest BCUT2D eigenvalue weighted by Crippen LogP contribution is -2.01. The minimum atomic E-state index is 0.00215. The van der Waals surface area contributed by atoms with E-state index in [0.717, 1.165) is 100 Å². The van der Waals surface area contributed by atoms with E-state index in [4.69, 9.17) is 4.74 Å². The van der Waals surface area contributed by atoms with E-state index >= 15 is 0 Å². The Morgan fingerprint density at radius 3 is 0.736 bits per heavy atom. The van der Waals surface area contributed by atoms with Crippen molar-refractivity contribution in [2.45, 2.75) is 0 Å². The third-order valence-electron chi connectivity index (χ3n) is 15.8. The van der Waals surface area contributed by atoms with Crippen LogP contribution in [0.4, 0.5) is 0 Å². The highest BCUT2D eigenvalue weighted by atomic mass is 16.5. The van der Waals surface area contributed by atoms with E-state index in [1.165, 1.54) is 0 Å². The Labute approximate surface area is 532 Å². The van der Waals surface area contributed by atoms with Crippen LogP contribution in [0.1, 0.15) is 77.9 Å². The van der Waals surface area contributed by atoms with Crippen molar-refractivity contribution in [3.05, 3.63) is 418 Å². The lowest BCUT2D eigenvalue weighted by Gasteiger charge is -2.15. The largest absolute Gasteiger partial charge is 0.457 e. The third kappa shape index (κ3) is 13.3. The Hall–Kier alpha value is -12.4. The van der Waals surface area contributed by atoms with Crippen LogP contribution in [-0.2, 0) is 9.59 Å². The van der Waals surface area contributed by atoms with Crippen LogP contribution >= 0.6 is 0 Å². The zero-order valence-corrected chi connectivity index (χ0v) is 49.7. The highest BCUT2D eigenvalue weighted by Gasteiger charge is 2.37. The van der Waals surface area contributed by atoms with Gasteiger partial charge in [0, 0.05) is 66.8 Å². The van der Waals surface area contributed by atoms with E-state index in [0.29, 0.717) is 33.8 Å². The maximum atomic E-state index is 14.6. The summed E-state index contributed by atoms with van der Waals surface area (Å²) in [6.07, 6.45) is 4.22. The molecule has 0 aromatic heterocycles. The average Bonchev–Trinajstić information content (AvgIpc) is 1.63. The van der Waals surface area contributed by atoms with Gasteiger partial charge in [-0.05, 0) is 122 Å². The minimum absolute atomic E-state index is 0.00215. The van der Waals surface area contributed by atoms with Crippen molar-refractivity contribution >= 4 is 68.3 Å². The molecule has 0 unspecified atom stereocenters. The van der Waals surface area contributed by atoms with Gasteiger partial charge in [-0.25, -0.2) is 0 Å². The number of hydrogen-bond donors (Lipinski definition) is 0. The topological polar surface area (TPSA) is 43.4 Å². The first-order chi connectivity index (χ1) is 45.0. The molecule has 3 heteroatoms. The second-order valence-electron chi connectivity index (χ2n) is 21.8. The molecule has 3 nitrogen and oxygen atoms in total. The van der Waals surface area contributed by atoms with Crippen LogP contribution in [-0.4, -0.2) is 11.6 Å². The van der Waals surface area contributed by atoms with Gasteiger partial charge in [-0.2, -0.15) is 0 Å². The summed E-state index contributed by atoms with van der Waals surface area (Å²) in [4.78, 5) is 29.3. The number of rotatable bonds is 12. The summed E-state index contributed by atoms with van der Waals surface area (Å²) < 4.78 is 6.49. The smallest absolute Gasteiger partial charge is 0.195 e. The number of carbonyl (C=O) groups is 2. The molecule has 2 aliphatic carbocycles. The summed E-state index contributed by atoms with van der Waals surface area (Å²) in [5.41, 5.74) is 19.8. The van der Waals surface area contributed by atoms with Crippen LogP contribution in [0.15, 0.2) is 340 Å². The molecule has 0 aliphatic heterocycles. The monoisotopic (exact) mass is 1160 g/mol. The predicted octanol–water partition coefficient (Wildman–Crippen LogP) is 20.3. The molecule has 91 heavy (non-hydrogen) atoms. The Kier molecular flexibility index (Phi) is 17.4. The maximum Gasteiger partial charge on any atom is 0.195 e. The van der Waals surface area contributed by atoms with Gasteiger partial charge in [-0.1, -0.05) is 309 Å². The van der Waals surface area contributed by atoms with Crippen molar-refractivity contribution in [2.75, 3.05) is 0 Å². The molecule has 428 valence electrons. The summed E-state index contributed by atoms with van der Waals surface area (Å²) in [6, 6.07) is 113. The van der Waals surface area contributed by atoms with Crippen LogP contribution in [0.5, 0.6) is 11.5 Å². The Bertz CT molecular complexity index is 4580. The van der Waals surface area contributed by atoms with Crippen LogP contribution < -0.4 is 4.74 Å². The molecule has 0 spiro atoms. The number of allylic oxidation sites excluding steroid dienone is 8. The number of benzene rings is 12. The molecule has 14 rings (SSSR count). The number of ether oxygens (including phenoxy) is 1. The fraction of sp³-hybridized carbons (Fsp3) is 0. The average molecular weight is 1160 g/mol. The molecule has 0 fully saturated rings. The number of carbonyl (C=O) groups excluding carboxylic acids is 2. The Balaban J connectivity index is 0.000000211. The second kappa shape index (κ2) is 27.5. The molecule has 0 saturated carbocycles. The molecule has 0 saturated heterocycles. The lowest BCUT2D eigenvalue weighted by atomic mass is 9.89. The van der Waals surface area contributed by atoms with Gasteiger partial charge in [-0.3, -0.25) is 9.59 Å². The highest BCUT2D eigenvalue weighted by Crippen LogP contribution is 2.52. The molecule has 0 radical (unpaired) electrons. The van der Waals surface area contributed by atoms with Gasteiger partial charge in [0.2, 0.25) is 0 Å². The molecular formula is C88H58O3. The van der Waals surface area contributed by atoms with E-state index in [1.807, 2.05) is 291 Å². The second-order valence-corrected chi connectivity index (χ2v) is 21.8. The quantitative estimate of drug-likeness (QED) is 0.0904. The van der Waals surface area contributed by atoms with E-state index in [2.05, 4.69) is 84.4 Å². The summed E-state index contributed by atoms with van der Waals surface area (Å²) in [6.45, 7) is 0. The predicted molar refractivity (Wildman–Crippen MR) is 376 cm³/mol. The fourth-order valence-corrected chi connectivity index (χ4v) is 11.6. The third-order valence-corrected chi connectivity index (χ3v) is 15.8. The van der Waals surface area contributed by atoms with E-state index in [9.17, 15) is 9.59 Å². The molecule has 12 aromatic rings. The van der Waals surface area contributed by atoms with E-state index in [-0.39, 0.29) is 11.6 Å². The molecule has 12 aromatic carbocycles. The zero-order chi connectivity index (χ0) is 61.6. The van der Waals surface area contributed by atoms with Crippen LogP contribution in [0.25, 0.3) is 56.7 Å². The van der Waals surface area contributed by atoms with Crippen LogP contribution in [0, 0.1) is 23.7 Å². The fourth-order valence-electron chi connectivity index (χ4n) is 11.6. The zero-order valence-electron chi connectivity index (χ0n) is 49.7. The SMILES string of the molecule is C(#Cc1cc(C#Cc2ccccc2)cc(C=Cc2ccccc2)c1)c1ccccc1.O=C1C(c2ccccc2)=C(c2ccccc2)C(c2ccc(Oc3ccc(C4=C(c5ccccc5)C(=O)C(c5ccccc5)=C4c4ccccc4)cc3)cc2)=C1c1ccccc1. The molecule has 0 amide bonds. The van der Waals surface area contributed by atoms with Crippen molar-refractivity contribution in [3.8, 4) is 35.2 Å². The van der Waals surface area contributed by atoms with Gasteiger partial charge in [0.25, 0.3) is 0 Å². The van der Waals surface area contributed by atoms with E-state index in [1.54, 1.807) is 0 Å². The summed E-state index contributed by atoms with van der Waals surface area (Å²) in [5.74, 6) is 14.4. The summed E-state index contributed by atoms with van der Waals surface area (Å²) >= 11 is 0. The normalized spacial score (nSPS) is 12.7. The van der Waals surface area contributed by atoms with Gasteiger partial charge in [0.15, 0.2) is 11.6 Å². The first-order valence-corrected chi connectivity index (χ1v) is 30.3. The van der Waals surface area contributed by atoms with Gasteiger partial charge < -0.3 is 4.74 Å². The lowest BCUT2D eigenvalue weighted by molar-refractivity contribution is -0.109. The van der Waals surface area contributed by atoms with Crippen molar-refractivity contribution in [2.24, 2.45) is 0 Å². The summed E-state index contributed by atoms with van der Waals surface area (Å²) in [7, 11) is 0. The number of ketones is 2. The first kappa shape index (κ1) is 57.7. The van der Waals surface area contributed by atoms with Crippen LogP contribution in [0.2, 0.25) is 0 Å². The molecule has 2 aliphatic rings. The van der Waals surface area contributed by atoms with Crippen molar-refractivity contribution in [3.63, 3.8) is 0 Å².